The second-order valence-corrected chi connectivity index (χ2v) is 5.47. The summed E-state index contributed by atoms with van der Waals surface area (Å²) in [6.45, 7) is 3.41. The fourth-order valence-corrected chi connectivity index (χ4v) is 1.78. The summed E-state index contributed by atoms with van der Waals surface area (Å²) in [7, 11) is 0. The zero-order valence-electron chi connectivity index (χ0n) is 11.8. The van der Waals surface area contributed by atoms with Crippen LogP contribution in [0.3, 0.4) is 0 Å². The normalized spacial score (nSPS) is 15.7. The average Bonchev–Trinajstić information content (AvgIpc) is 3.28. The van der Waals surface area contributed by atoms with Gasteiger partial charge in [-0.15, -0.1) is 0 Å². The molecule has 110 valence electrons. The molecule has 1 aromatic heterocycles. The Morgan fingerprint density at radius 1 is 1.55 bits per heavy atom. The zero-order chi connectivity index (χ0) is 14.4. The molecule has 2 N–H and O–H groups in total. The van der Waals surface area contributed by atoms with E-state index in [1.54, 1.807) is 12.1 Å². The second kappa shape index (κ2) is 7.24. The van der Waals surface area contributed by atoms with E-state index in [2.05, 4.69) is 10.3 Å². The van der Waals surface area contributed by atoms with Crippen LogP contribution in [0.4, 0.5) is 0 Å². The van der Waals surface area contributed by atoms with Crippen LogP contribution in [-0.2, 0) is 0 Å². The van der Waals surface area contributed by atoms with E-state index in [0.29, 0.717) is 30.3 Å². The molecule has 1 heterocycles. The molecule has 1 aliphatic carbocycles. The molecule has 0 aromatic carbocycles. The minimum atomic E-state index is -0.143. The Bertz CT molecular complexity index is 429. The number of carbonyl (C=O) groups is 1. The van der Waals surface area contributed by atoms with Crippen molar-refractivity contribution in [3.63, 3.8) is 0 Å². The van der Waals surface area contributed by atoms with Crippen LogP contribution in [0.15, 0.2) is 18.3 Å². The Labute approximate surface area is 119 Å². The summed E-state index contributed by atoms with van der Waals surface area (Å²) in [6.07, 6.45) is 4.71. The van der Waals surface area contributed by atoms with E-state index in [1.807, 2.05) is 6.92 Å². The molecule has 0 radical (unpaired) electrons. The monoisotopic (exact) mass is 278 g/mol. The highest BCUT2D eigenvalue weighted by Crippen LogP contribution is 2.29. The maximum Gasteiger partial charge on any atom is 0.252 e. The predicted octanol–water partition coefficient (Wildman–Crippen LogP) is 1.62. The van der Waals surface area contributed by atoms with Crippen molar-refractivity contribution in [2.24, 2.45) is 11.8 Å². The summed E-state index contributed by atoms with van der Waals surface area (Å²) >= 11 is 0. The molecular weight excluding hydrogens is 256 g/mol. The van der Waals surface area contributed by atoms with Gasteiger partial charge in [0.25, 0.3) is 5.91 Å². The first kappa shape index (κ1) is 14.8. The predicted molar refractivity (Wildman–Crippen MR) is 75.7 cm³/mol. The number of aromatic nitrogens is 1. The minimum Gasteiger partial charge on any atom is -0.477 e. The van der Waals surface area contributed by atoms with Crippen LogP contribution in [0.1, 0.15) is 36.5 Å². The van der Waals surface area contributed by atoms with Gasteiger partial charge in [0.15, 0.2) is 0 Å². The maximum atomic E-state index is 11.9. The van der Waals surface area contributed by atoms with Gasteiger partial charge in [-0.05, 0) is 37.2 Å². The Hall–Kier alpha value is -1.62. The number of hydrogen-bond donors (Lipinski definition) is 2. The van der Waals surface area contributed by atoms with E-state index >= 15 is 0 Å². The van der Waals surface area contributed by atoms with Gasteiger partial charge in [0, 0.05) is 25.4 Å². The molecule has 1 aromatic rings. The summed E-state index contributed by atoms with van der Waals surface area (Å²) in [6, 6.07) is 3.45. The molecule has 1 fully saturated rings. The molecule has 0 spiro atoms. The topological polar surface area (TPSA) is 71.5 Å². The average molecular weight is 278 g/mol. The van der Waals surface area contributed by atoms with Crippen molar-refractivity contribution in [2.45, 2.75) is 26.2 Å². The van der Waals surface area contributed by atoms with E-state index < -0.39 is 0 Å². The molecule has 0 aliphatic heterocycles. The number of aliphatic hydroxyl groups excluding tert-OH is 1. The molecule has 1 saturated carbocycles. The molecule has 1 atom stereocenters. The summed E-state index contributed by atoms with van der Waals surface area (Å²) in [5, 5.41) is 11.6. The highest BCUT2D eigenvalue weighted by Gasteiger charge is 2.22. The molecule has 0 saturated heterocycles. The third-order valence-corrected chi connectivity index (χ3v) is 3.40. The first-order chi connectivity index (χ1) is 9.69. The van der Waals surface area contributed by atoms with E-state index in [-0.39, 0.29) is 18.4 Å². The van der Waals surface area contributed by atoms with Gasteiger partial charge in [0.1, 0.15) is 0 Å². The summed E-state index contributed by atoms with van der Waals surface area (Å²) < 4.78 is 5.52. The van der Waals surface area contributed by atoms with Crippen LogP contribution >= 0.6 is 0 Å². The molecule has 5 nitrogen and oxygen atoms in total. The van der Waals surface area contributed by atoms with Crippen molar-refractivity contribution in [3.8, 4) is 5.88 Å². The third-order valence-electron chi connectivity index (χ3n) is 3.40. The van der Waals surface area contributed by atoms with Crippen molar-refractivity contribution in [1.29, 1.82) is 0 Å². The molecular formula is C15H22N2O3. The van der Waals surface area contributed by atoms with Gasteiger partial charge in [0.2, 0.25) is 5.88 Å². The number of rotatable bonds is 8. The quantitative estimate of drug-likeness (QED) is 0.758. The van der Waals surface area contributed by atoms with Crippen molar-refractivity contribution in [3.05, 3.63) is 23.9 Å². The van der Waals surface area contributed by atoms with Crippen LogP contribution in [0, 0.1) is 11.8 Å². The van der Waals surface area contributed by atoms with Crippen LogP contribution in [0.2, 0.25) is 0 Å². The van der Waals surface area contributed by atoms with Crippen LogP contribution < -0.4 is 10.1 Å². The third kappa shape index (κ3) is 4.81. The van der Waals surface area contributed by atoms with E-state index in [4.69, 9.17) is 9.84 Å². The lowest BCUT2D eigenvalue weighted by Crippen LogP contribution is -2.28. The van der Waals surface area contributed by atoms with Gasteiger partial charge in [-0.3, -0.25) is 4.79 Å². The van der Waals surface area contributed by atoms with Crippen molar-refractivity contribution in [2.75, 3.05) is 19.8 Å². The first-order valence-corrected chi connectivity index (χ1v) is 7.17. The number of carbonyl (C=O) groups excluding carboxylic acids is 1. The molecule has 2 rings (SSSR count). The highest BCUT2D eigenvalue weighted by molar-refractivity contribution is 5.93. The van der Waals surface area contributed by atoms with Gasteiger partial charge >= 0.3 is 0 Å². The van der Waals surface area contributed by atoms with E-state index in [0.717, 1.165) is 6.61 Å². The van der Waals surface area contributed by atoms with Gasteiger partial charge in [-0.1, -0.05) is 6.92 Å². The van der Waals surface area contributed by atoms with Crippen molar-refractivity contribution < 1.29 is 14.6 Å². The number of ether oxygens (including phenoxy) is 1. The molecule has 1 unspecified atom stereocenters. The van der Waals surface area contributed by atoms with E-state index in [1.165, 1.54) is 19.0 Å². The lowest BCUT2D eigenvalue weighted by atomic mass is 10.1. The number of hydrogen-bond acceptors (Lipinski definition) is 4. The second-order valence-electron chi connectivity index (χ2n) is 5.47. The maximum absolute atomic E-state index is 11.9. The van der Waals surface area contributed by atoms with Crippen molar-refractivity contribution >= 4 is 5.91 Å². The number of pyridine rings is 1. The summed E-state index contributed by atoms with van der Waals surface area (Å²) in [5.41, 5.74) is 0.528. The Kier molecular flexibility index (Phi) is 5.35. The molecule has 5 heteroatoms. The zero-order valence-corrected chi connectivity index (χ0v) is 11.8. The Balaban J connectivity index is 1.77. The van der Waals surface area contributed by atoms with E-state index in [9.17, 15) is 4.79 Å². The summed E-state index contributed by atoms with van der Waals surface area (Å²) in [4.78, 5) is 16.0. The smallest absolute Gasteiger partial charge is 0.252 e. The number of aliphatic hydroxyl groups is 1. The van der Waals surface area contributed by atoms with Crippen LogP contribution in [0.25, 0.3) is 0 Å². The fraction of sp³-hybridized carbons (Fsp3) is 0.600. The first-order valence-electron chi connectivity index (χ1n) is 7.17. The number of nitrogens with one attached hydrogen (secondary N) is 1. The van der Waals surface area contributed by atoms with Crippen molar-refractivity contribution in [1.82, 2.24) is 10.3 Å². The number of amides is 1. The number of nitrogens with zero attached hydrogens (tertiary/aromatic N) is 1. The van der Waals surface area contributed by atoms with Gasteiger partial charge in [-0.25, -0.2) is 4.98 Å². The molecule has 0 bridgehead atoms. The fourth-order valence-electron chi connectivity index (χ4n) is 1.78. The molecule has 1 amide bonds. The minimum absolute atomic E-state index is 0.143. The largest absolute Gasteiger partial charge is 0.477 e. The molecule has 1 aliphatic rings. The lowest BCUT2D eigenvalue weighted by molar-refractivity contribution is 0.0945. The van der Waals surface area contributed by atoms with Gasteiger partial charge in [0.05, 0.1) is 12.2 Å². The van der Waals surface area contributed by atoms with Gasteiger partial charge < -0.3 is 15.2 Å². The Morgan fingerprint density at radius 2 is 2.35 bits per heavy atom. The highest BCUT2D eigenvalue weighted by atomic mass is 16.5. The Morgan fingerprint density at radius 3 is 2.95 bits per heavy atom. The standard InChI is InChI=1S/C15H22N2O3/c1-11(6-7-18)8-17-15(19)13-4-5-14(16-9-13)20-10-12-2-3-12/h4-5,9,11-12,18H,2-3,6-8,10H2,1H3,(H,17,19). The molecule has 20 heavy (non-hydrogen) atoms. The van der Waals surface area contributed by atoms with Crippen LogP contribution in [0.5, 0.6) is 5.88 Å². The lowest BCUT2D eigenvalue weighted by Gasteiger charge is -2.11. The van der Waals surface area contributed by atoms with Crippen LogP contribution in [-0.4, -0.2) is 35.8 Å². The SMILES string of the molecule is CC(CCO)CNC(=O)c1ccc(OCC2CC2)nc1. The summed E-state index contributed by atoms with van der Waals surface area (Å²) in [5.74, 6) is 1.38. The van der Waals surface area contributed by atoms with Gasteiger partial charge in [-0.2, -0.15) is 0 Å².